The van der Waals surface area contributed by atoms with Crippen LogP contribution < -0.4 is 4.74 Å². The summed E-state index contributed by atoms with van der Waals surface area (Å²) in [4.78, 5) is 10.4. The van der Waals surface area contributed by atoms with Gasteiger partial charge < -0.3 is 9.84 Å². The summed E-state index contributed by atoms with van der Waals surface area (Å²) in [6.07, 6.45) is 0. The van der Waals surface area contributed by atoms with Crippen LogP contribution in [0.25, 0.3) is 0 Å². The van der Waals surface area contributed by atoms with Gasteiger partial charge in [-0.05, 0) is 24.3 Å². The van der Waals surface area contributed by atoms with E-state index in [1.165, 1.54) is 24.3 Å². The summed E-state index contributed by atoms with van der Waals surface area (Å²) >= 11 is 2.88. The number of ether oxygens (including phenoxy) is 1. The number of alkyl halides is 1. The maximum absolute atomic E-state index is 11.4. The molecule has 7 heteroatoms. The smallest absolute Gasteiger partial charge is 0.341 e. The van der Waals surface area contributed by atoms with Crippen LogP contribution in [0.5, 0.6) is 5.75 Å². The summed E-state index contributed by atoms with van der Waals surface area (Å²) in [5.41, 5.74) is 0. The molecule has 0 heterocycles. The van der Waals surface area contributed by atoms with E-state index in [2.05, 4.69) is 15.9 Å². The molecule has 1 rings (SSSR count). The fraction of sp³-hybridized carbons (Fsp3) is 0.222. The van der Waals surface area contributed by atoms with E-state index in [-0.39, 0.29) is 9.56 Å². The van der Waals surface area contributed by atoms with E-state index in [1.807, 2.05) is 0 Å². The number of hydrogen-bond acceptors (Lipinski definition) is 4. The molecule has 1 aromatic carbocycles. The van der Waals surface area contributed by atoms with Crippen molar-refractivity contribution in [3.8, 4) is 5.75 Å². The molecular weight excluding hydrogens is 300 g/mol. The van der Waals surface area contributed by atoms with E-state index >= 15 is 0 Å². The van der Waals surface area contributed by atoms with E-state index in [1.54, 1.807) is 0 Å². The van der Waals surface area contributed by atoms with Crippen LogP contribution in [0.1, 0.15) is 0 Å². The molecule has 0 amide bonds. The van der Waals surface area contributed by atoms with Crippen molar-refractivity contribution < 1.29 is 23.1 Å². The van der Waals surface area contributed by atoms with Crippen molar-refractivity contribution in [2.75, 3.05) is 11.3 Å². The second kappa shape index (κ2) is 5.31. The third kappa shape index (κ3) is 3.49. The molecule has 16 heavy (non-hydrogen) atoms. The molecule has 0 aliphatic heterocycles. The van der Waals surface area contributed by atoms with Gasteiger partial charge in [-0.1, -0.05) is 15.9 Å². The number of aliphatic carboxylic acids is 1. The van der Waals surface area contributed by atoms with E-state index in [0.29, 0.717) is 5.75 Å². The number of carboxylic acid groups (broad SMARTS) is 1. The largest absolute Gasteiger partial charge is 0.482 e. The SMILES string of the molecule is O=C(O)COc1ccc(S(=O)(=O)CBr)cc1. The van der Waals surface area contributed by atoms with E-state index in [9.17, 15) is 13.2 Å². The number of benzene rings is 1. The maximum atomic E-state index is 11.4. The van der Waals surface area contributed by atoms with Gasteiger partial charge in [0.25, 0.3) is 0 Å². The van der Waals surface area contributed by atoms with Gasteiger partial charge in [-0.2, -0.15) is 0 Å². The van der Waals surface area contributed by atoms with Crippen molar-refractivity contribution in [3.05, 3.63) is 24.3 Å². The molecule has 0 bridgehead atoms. The lowest BCUT2D eigenvalue weighted by atomic mass is 10.3. The van der Waals surface area contributed by atoms with Gasteiger partial charge in [0.15, 0.2) is 16.4 Å². The molecule has 0 spiro atoms. The van der Waals surface area contributed by atoms with Crippen LogP contribution in [0.15, 0.2) is 29.2 Å². The first-order valence-electron chi connectivity index (χ1n) is 4.19. The highest BCUT2D eigenvalue weighted by molar-refractivity contribution is 9.10. The van der Waals surface area contributed by atoms with Crippen LogP contribution >= 0.6 is 15.9 Å². The van der Waals surface area contributed by atoms with Crippen molar-refractivity contribution in [2.24, 2.45) is 0 Å². The molecule has 0 fully saturated rings. The Morgan fingerprint density at radius 1 is 1.31 bits per heavy atom. The van der Waals surface area contributed by atoms with Gasteiger partial charge in [0.05, 0.1) is 4.90 Å². The second-order valence-electron chi connectivity index (χ2n) is 2.88. The fourth-order valence-corrected chi connectivity index (χ4v) is 2.42. The van der Waals surface area contributed by atoms with Crippen LogP contribution in [0.2, 0.25) is 0 Å². The predicted molar refractivity (Wildman–Crippen MR) is 60.6 cm³/mol. The van der Waals surface area contributed by atoms with E-state index < -0.39 is 22.4 Å². The Morgan fingerprint density at radius 2 is 1.88 bits per heavy atom. The van der Waals surface area contributed by atoms with Gasteiger partial charge in [0, 0.05) is 0 Å². The lowest BCUT2D eigenvalue weighted by Gasteiger charge is -2.04. The topological polar surface area (TPSA) is 80.7 Å². The van der Waals surface area contributed by atoms with Crippen molar-refractivity contribution in [3.63, 3.8) is 0 Å². The maximum Gasteiger partial charge on any atom is 0.341 e. The normalized spacial score (nSPS) is 11.1. The predicted octanol–water partition coefficient (Wildman–Crippen LogP) is 1.28. The molecular formula is C9H9BrO5S. The van der Waals surface area contributed by atoms with E-state index in [4.69, 9.17) is 9.84 Å². The third-order valence-electron chi connectivity index (χ3n) is 1.69. The number of hydrogen-bond donors (Lipinski definition) is 1. The molecule has 0 atom stereocenters. The molecule has 1 aromatic rings. The highest BCUT2D eigenvalue weighted by atomic mass is 79.9. The lowest BCUT2D eigenvalue weighted by molar-refractivity contribution is -0.139. The standard InChI is InChI=1S/C9H9BrO5S/c10-6-16(13,14)8-3-1-7(2-4-8)15-5-9(11)12/h1-4H,5-6H2,(H,11,12). The second-order valence-corrected chi connectivity index (χ2v) is 6.17. The highest BCUT2D eigenvalue weighted by Gasteiger charge is 2.11. The molecule has 0 unspecified atom stereocenters. The molecule has 5 nitrogen and oxygen atoms in total. The summed E-state index contributed by atoms with van der Waals surface area (Å²) in [6.45, 7) is -0.454. The number of carbonyl (C=O) groups is 1. The fourth-order valence-electron chi connectivity index (χ4n) is 0.951. The number of halogens is 1. The van der Waals surface area contributed by atoms with Gasteiger partial charge in [0.1, 0.15) is 10.4 Å². The Balaban J connectivity index is 2.80. The van der Waals surface area contributed by atoms with Crippen LogP contribution in [0.4, 0.5) is 0 Å². The third-order valence-corrected chi connectivity index (χ3v) is 4.77. The van der Waals surface area contributed by atoms with Gasteiger partial charge in [-0.3, -0.25) is 0 Å². The average Bonchev–Trinajstić information content (AvgIpc) is 2.27. The molecule has 0 saturated heterocycles. The minimum Gasteiger partial charge on any atom is -0.482 e. The van der Waals surface area contributed by atoms with Gasteiger partial charge in [-0.15, -0.1) is 0 Å². The van der Waals surface area contributed by atoms with Crippen molar-refractivity contribution in [2.45, 2.75) is 4.90 Å². The van der Waals surface area contributed by atoms with Crippen LogP contribution in [-0.2, 0) is 14.6 Å². The molecule has 0 aromatic heterocycles. The molecule has 1 N–H and O–H groups in total. The summed E-state index contributed by atoms with van der Waals surface area (Å²) in [5.74, 6) is -0.770. The lowest BCUT2D eigenvalue weighted by Crippen LogP contribution is -2.09. The Bertz CT molecular complexity index is 465. The van der Waals surface area contributed by atoms with Crippen LogP contribution in [0.3, 0.4) is 0 Å². The van der Waals surface area contributed by atoms with Crippen molar-refractivity contribution in [1.82, 2.24) is 0 Å². The van der Waals surface area contributed by atoms with Gasteiger partial charge in [0.2, 0.25) is 0 Å². The average molecular weight is 309 g/mol. The number of sulfone groups is 1. The Hall–Kier alpha value is -1.08. The van der Waals surface area contributed by atoms with Crippen molar-refractivity contribution in [1.29, 1.82) is 0 Å². The summed E-state index contributed by atoms with van der Waals surface area (Å²) < 4.78 is 27.5. The number of rotatable bonds is 5. The summed E-state index contributed by atoms with van der Waals surface area (Å²) in [6, 6.07) is 5.57. The number of carboxylic acids is 1. The summed E-state index contributed by atoms with van der Waals surface area (Å²) in [5, 5.41) is 8.37. The first-order valence-corrected chi connectivity index (χ1v) is 6.96. The first kappa shape index (κ1) is 13.0. The summed E-state index contributed by atoms with van der Waals surface area (Å²) in [7, 11) is -3.30. The van der Waals surface area contributed by atoms with Crippen molar-refractivity contribution >= 4 is 31.7 Å². The zero-order valence-corrected chi connectivity index (χ0v) is 10.5. The Kier molecular flexibility index (Phi) is 4.31. The van der Waals surface area contributed by atoms with E-state index in [0.717, 1.165) is 0 Å². The molecule has 0 aliphatic rings. The molecule has 88 valence electrons. The Morgan fingerprint density at radius 3 is 2.31 bits per heavy atom. The Labute approximate surface area is 101 Å². The van der Waals surface area contributed by atoms with Gasteiger partial charge in [-0.25, -0.2) is 13.2 Å². The molecule has 0 aliphatic carbocycles. The molecule has 0 saturated carbocycles. The molecule has 0 radical (unpaired) electrons. The zero-order valence-electron chi connectivity index (χ0n) is 8.09. The highest BCUT2D eigenvalue weighted by Crippen LogP contribution is 2.17. The monoisotopic (exact) mass is 308 g/mol. The minimum absolute atomic E-state index is 0.157. The quantitative estimate of drug-likeness (QED) is 0.829. The minimum atomic E-state index is -3.30. The van der Waals surface area contributed by atoms with Gasteiger partial charge >= 0.3 is 5.97 Å². The zero-order chi connectivity index (χ0) is 12.2. The first-order chi connectivity index (χ1) is 7.45. The van der Waals surface area contributed by atoms with Crippen LogP contribution in [-0.4, -0.2) is 30.8 Å². The van der Waals surface area contributed by atoms with Crippen LogP contribution in [0, 0.1) is 0 Å².